The quantitative estimate of drug-likeness (QED) is 0.0490. The molecule has 1 aliphatic rings. The first-order chi connectivity index (χ1) is 25.3. The summed E-state index contributed by atoms with van der Waals surface area (Å²) in [5, 5.41) is 0. The van der Waals surface area contributed by atoms with Crippen molar-refractivity contribution in [3.8, 4) is 22.6 Å². The summed E-state index contributed by atoms with van der Waals surface area (Å²) >= 11 is 0. The van der Waals surface area contributed by atoms with E-state index < -0.39 is 17.8 Å². The fourth-order valence-corrected chi connectivity index (χ4v) is 6.17. The van der Waals surface area contributed by atoms with Crippen molar-refractivity contribution in [2.24, 2.45) is 5.41 Å². The van der Waals surface area contributed by atoms with Gasteiger partial charge in [-0.05, 0) is 86.2 Å². The Hall–Kier alpha value is -3.75. The minimum atomic E-state index is -0.804. The lowest BCUT2D eigenvalue weighted by atomic mass is 9.90. The van der Waals surface area contributed by atoms with Gasteiger partial charge in [-0.15, -0.1) is 0 Å². The van der Waals surface area contributed by atoms with E-state index >= 15 is 0 Å². The average molecular weight is 719 g/mol. The van der Waals surface area contributed by atoms with E-state index in [1.165, 1.54) is 57.1 Å². The number of benzene rings is 3. The molecule has 1 aliphatic heterocycles. The lowest BCUT2D eigenvalue weighted by Crippen LogP contribution is -2.43. The van der Waals surface area contributed by atoms with E-state index in [2.05, 4.69) is 13.8 Å². The third kappa shape index (κ3) is 14.3. The van der Waals surface area contributed by atoms with Gasteiger partial charge in [-0.1, -0.05) is 102 Å². The van der Waals surface area contributed by atoms with Crippen molar-refractivity contribution in [2.45, 2.75) is 117 Å². The Labute approximate surface area is 310 Å². The van der Waals surface area contributed by atoms with Crippen LogP contribution in [-0.4, -0.2) is 51.1 Å². The average Bonchev–Trinajstić information content (AvgIpc) is 3.14. The fraction of sp³-hybridized carbons (Fsp3) is 0.545. The Bertz CT molecular complexity index is 1480. The molecule has 52 heavy (non-hydrogen) atoms. The summed E-state index contributed by atoms with van der Waals surface area (Å²) < 4.78 is 42.6. The van der Waals surface area contributed by atoms with Crippen LogP contribution < -0.4 is 9.47 Å². The standard InChI is InChI=1S/C44H59FO7/c1-4-5-6-14-17-34(2)51-43(47)38-24-27-41(40(45)30-38)52-42(46)37-20-18-35(19-21-37)36-22-25-39(26-23-36)50-29-16-13-11-9-7-8-10-12-15-28-48-31-44(3)32-49-33-44/h18-27,30,34H,4-17,28-29,31-33H2,1-3H3/t34-/m1/s1. The van der Waals surface area contributed by atoms with Crippen LogP contribution in [0.3, 0.4) is 0 Å². The van der Waals surface area contributed by atoms with Crippen LogP contribution in [0, 0.1) is 11.2 Å². The number of halogens is 1. The molecule has 0 amide bonds. The normalized spacial score (nSPS) is 14.0. The van der Waals surface area contributed by atoms with Gasteiger partial charge in [-0.25, -0.2) is 14.0 Å². The van der Waals surface area contributed by atoms with Gasteiger partial charge in [0, 0.05) is 12.0 Å². The van der Waals surface area contributed by atoms with E-state index in [0.717, 1.165) is 94.3 Å². The number of hydrogen-bond donors (Lipinski definition) is 0. The largest absolute Gasteiger partial charge is 0.494 e. The summed E-state index contributed by atoms with van der Waals surface area (Å²) in [7, 11) is 0. The molecular formula is C44H59FO7. The van der Waals surface area contributed by atoms with Crippen molar-refractivity contribution in [1.82, 2.24) is 0 Å². The highest BCUT2D eigenvalue weighted by Crippen LogP contribution is 2.27. The Morgan fingerprint density at radius 3 is 1.90 bits per heavy atom. The predicted octanol–water partition coefficient (Wildman–Crippen LogP) is 11.2. The van der Waals surface area contributed by atoms with Gasteiger partial charge in [0.1, 0.15) is 5.75 Å². The molecule has 1 atom stereocenters. The molecule has 0 saturated carbocycles. The van der Waals surface area contributed by atoms with Gasteiger partial charge in [0.05, 0.1) is 43.7 Å². The molecule has 1 heterocycles. The van der Waals surface area contributed by atoms with Crippen LogP contribution in [0.25, 0.3) is 11.1 Å². The van der Waals surface area contributed by atoms with Gasteiger partial charge in [0.25, 0.3) is 0 Å². The number of hydrogen-bond acceptors (Lipinski definition) is 7. The molecule has 284 valence electrons. The van der Waals surface area contributed by atoms with Crippen molar-refractivity contribution >= 4 is 11.9 Å². The molecule has 0 unspecified atom stereocenters. The second-order valence-electron chi connectivity index (χ2n) is 14.6. The zero-order chi connectivity index (χ0) is 37.0. The number of carbonyl (C=O) groups is 2. The molecule has 0 spiro atoms. The molecule has 0 radical (unpaired) electrons. The molecule has 8 heteroatoms. The molecule has 3 aromatic carbocycles. The number of unbranched alkanes of at least 4 members (excludes halogenated alkanes) is 11. The van der Waals surface area contributed by atoms with Crippen molar-refractivity contribution in [1.29, 1.82) is 0 Å². The van der Waals surface area contributed by atoms with Gasteiger partial charge in [0.15, 0.2) is 11.6 Å². The summed E-state index contributed by atoms with van der Waals surface area (Å²) in [4.78, 5) is 25.2. The predicted molar refractivity (Wildman–Crippen MR) is 204 cm³/mol. The first kappa shape index (κ1) is 41.0. The Morgan fingerprint density at radius 1 is 0.731 bits per heavy atom. The number of ether oxygens (including phenoxy) is 5. The molecule has 0 bridgehead atoms. The van der Waals surface area contributed by atoms with Gasteiger partial charge >= 0.3 is 11.9 Å². The lowest BCUT2D eigenvalue weighted by Gasteiger charge is -2.37. The van der Waals surface area contributed by atoms with E-state index in [-0.39, 0.29) is 28.4 Å². The van der Waals surface area contributed by atoms with Crippen LogP contribution in [0.4, 0.5) is 4.39 Å². The maximum Gasteiger partial charge on any atom is 0.343 e. The third-order valence-electron chi connectivity index (χ3n) is 9.50. The van der Waals surface area contributed by atoms with Crippen LogP contribution >= 0.6 is 0 Å². The van der Waals surface area contributed by atoms with E-state index in [1.54, 1.807) is 12.1 Å². The van der Waals surface area contributed by atoms with Crippen molar-refractivity contribution in [2.75, 3.05) is 33.0 Å². The summed E-state index contributed by atoms with van der Waals surface area (Å²) in [6.07, 6.45) is 15.9. The van der Waals surface area contributed by atoms with Gasteiger partial charge in [-0.3, -0.25) is 0 Å². The SMILES string of the molecule is CCCCCC[C@@H](C)OC(=O)c1ccc(OC(=O)c2ccc(-c3ccc(OCCCCCCCCCCCOCC4(C)COC4)cc3)cc2)c(F)c1. The minimum Gasteiger partial charge on any atom is -0.494 e. The summed E-state index contributed by atoms with van der Waals surface area (Å²) in [5.41, 5.74) is 2.53. The lowest BCUT2D eigenvalue weighted by molar-refractivity contribution is -0.137. The maximum atomic E-state index is 14.8. The number of esters is 2. The molecule has 7 nitrogen and oxygen atoms in total. The first-order valence-corrected chi connectivity index (χ1v) is 19.5. The van der Waals surface area contributed by atoms with E-state index in [9.17, 15) is 14.0 Å². The summed E-state index contributed by atoms with van der Waals surface area (Å²) in [5.74, 6) is -1.50. The smallest absolute Gasteiger partial charge is 0.343 e. The monoisotopic (exact) mass is 718 g/mol. The molecule has 3 aromatic rings. The van der Waals surface area contributed by atoms with Gasteiger partial charge < -0.3 is 23.7 Å². The Balaban J connectivity index is 1.07. The summed E-state index contributed by atoms with van der Waals surface area (Å²) in [6, 6.07) is 18.6. The van der Waals surface area contributed by atoms with E-state index in [0.29, 0.717) is 6.61 Å². The van der Waals surface area contributed by atoms with Crippen molar-refractivity contribution in [3.05, 3.63) is 83.7 Å². The van der Waals surface area contributed by atoms with E-state index in [4.69, 9.17) is 23.7 Å². The van der Waals surface area contributed by atoms with Crippen LogP contribution in [0.15, 0.2) is 66.7 Å². The Kier molecular flexibility index (Phi) is 17.6. The van der Waals surface area contributed by atoms with Crippen LogP contribution in [0.1, 0.15) is 131 Å². The van der Waals surface area contributed by atoms with Crippen LogP contribution in [0.5, 0.6) is 11.5 Å². The molecule has 1 fully saturated rings. The maximum absolute atomic E-state index is 14.8. The zero-order valence-electron chi connectivity index (χ0n) is 31.6. The highest BCUT2D eigenvalue weighted by atomic mass is 19.1. The topological polar surface area (TPSA) is 80.3 Å². The second-order valence-corrected chi connectivity index (χ2v) is 14.6. The highest BCUT2D eigenvalue weighted by molar-refractivity contribution is 5.92. The molecular weight excluding hydrogens is 659 g/mol. The molecule has 1 saturated heterocycles. The number of carbonyl (C=O) groups excluding carboxylic acids is 2. The zero-order valence-corrected chi connectivity index (χ0v) is 31.6. The van der Waals surface area contributed by atoms with Crippen LogP contribution in [0.2, 0.25) is 0 Å². The number of rotatable bonds is 25. The third-order valence-corrected chi connectivity index (χ3v) is 9.50. The Morgan fingerprint density at radius 2 is 1.31 bits per heavy atom. The summed E-state index contributed by atoms with van der Waals surface area (Å²) in [6.45, 7) is 10.3. The van der Waals surface area contributed by atoms with E-state index in [1.807, 2.05) is 43.3 Å². The highest BCUT2D eigenvalue weighted by Gasteiger charge is 2.33. The van der Waals surface area contributed by atoms with Crippen molar-refractivity contribution in [3.63, 3.8) is 0 Å². The van der Waals surface area contributed by atoms with Gasteiger partial charge in [-0.2, -0.15) is 0 Å². The first-order valence-electron chi connectivity index (χ1n) is 19.5. The molecule has 4 rings (SSSR count). The second kappa shape index (κ2) is 22.3. The molecule has 0 aliphatic carbocycles. The van der Waals surface area contributed by atoms with Gasteiger partial charge in [0.2, 0.25) is 0 Å². The minimum absolute atomic E-state index is 0.0776. The van der Waals surface area contributed by atoms with Crippen molar-refractivity contribution < 1.29 is 37.7 Å². The molecule has 0 N–H and O–H groups in total. The fourth-order valence-electron chi connectivity index (χ4n) is 6.17. The van der Waals surface area contributed by atoms with Crippen LogP contribution in [-0.2, 0) is 14.2 Å². The molecule has 0 aromatic heterocycles.